The molecule has 0 saturated carbocycles. The van der Waals surface area contributed by atoms with Crippen LogP contribution >= 0.6 is 0 Å². The van der Waals surface area contributed by atoms with Crippen molar-refractivity contribution >= 4 is 11.7 Å². The molecule has 0 bridgehead atoms. The first kappa shape index (κ1) is 22.3. The van der Waals surface area contributed by atoms with Crippen LogP contribution in [0.25, 0.3) is 0 Å². The number of anilines is 1. The molecule has 2 aliphatic rings. The van der Waals surface area contributed by atoms with Crippen LogP contribution in [0, 0.1) is 0 Å². The van der Waals surface area contributed by atoms with Crippen molar-refractivity contribution < 1.29 is 23.4 Å². The van der Waals surface area contributed by atoms with Gasteiger partial charge in [0.1, 0.15) is 11.5 Å². The first-order valence-corrected chi connectivity index (χ1v) is 10.7. The van der Waals surface area contributed by atoms with E-state index in [4.69, 9.17) is 4.74 Å². The summed E-state index contributed by atoms with van der Waals surface area (Å²) in [5, 5.41) is 13.3. The highest BCUT2D eigenvalue weighted by atomic mass is 19.3. The van der Waals surface area contributed by atoms with E-state index in [2.05, 4.69) is 32.3 Å². The molecule has 2 N–H and O–H groups in total. The van der Waals surface area contributed by atoms with Gasteiger partial charge in [0.25, 0.3) is 12.3 Å². The van der Waals surface area contributed by atoms with Crippen LogP contribution in [0.3, 0.4) is 0 Å². The molecular formula is C22H27F2N5O3. The minimum atomic E-state index is -2.56. The van der Waals surface area contributed by atoms with E-state index in [1.807, 2.05) is 12.1 Å². The van der Waals surface area contributed by atoms with E-state index in [1.165, 1.54) is 29.2 Å². The number of fused-ring (bicyclic) bond motifs is 1. The average Bonchev–Trinajstić information content (AvgIpc) is 2.81. The highest BCUT2D eigenvalue weighted by Gasteiger charge is 2.35. The number of aliphatic hydroxyl groups excluding tert-OH is 1. The van der Waals surface area contributed by atoms with E-state index < -0.39 is 25.0 Å². The Morgan fingerprint density at radius 1 is 1.28 bits per heavy atom. The number of benzene rings is 1. The number of halogens is 2. The number of aliphatic hydroxyl groups is 1. The topological polar surface area (TPSA) is 90.8 Å². The molecule has 1 amide bonds. The van der Waals surface area contributed by atoms with Gasteiger partial charge in [-0.25, -0.2) is 8.78 Å². The number of carbonyl (C=O) groups excluding carboxylic acids is 1. The van der Waals surface area contributed by atoms with Gasteiger partial charge in [-0.15, -0.1) is 0 Å². The van der Waals surface area contributed by atoms with Gasteiger partial charge < -0.3 is 20.1 Å². The largest absolute Gasteiger partial charge is 0.467 e. The zero-order chi connectivity index (χ0) is 22.7. The predicted molar refractivity (Wildman–Crippen MR) is 114 cm³/mol. The lowest BCUT2D eigenvalue weighted by molar-refractivity contribution is -0.0139. The molecule has 0 radical (unpaired) electrons. The maximum absolute atomic E-state index is 13.0. The van der Waals surface area contributed by atoms with Crippen molar-refractivity contribution in [3.05, 3.63) is 47.2 Å². The summed E-state index contributed by atoms with van der Waals surface area (Å²) in [5.41, 5.74) is 2.66. The van der Waals surface area contributed by atoms with Crippen LogP contribution in [0.1, 0.15) is 28.0 Å². The maximum atomic E-state index is 13.0. The number of likely N-dealkylation sites (tertiary alicyclic amines) is 1. The smallest absolute Gasteiger partial charge is 0.318 e. The molecule has 2 aromatic rings. The van der Waals surface area contributed by atoms with Crippen LogP contribution in [-0.2, 0) is 13.0 Å². The number of methoxy groups -OCH3 is 1. The molecule has 0 unspecified atom stereocenters. The second kappa shape index (κ2) is 9.74. The fourth-order valence-corrected chi connectivity index (χ4v) is 4.39. The highest BCUT2D eigenvalue weighted by Crippen LogP contribution is 2.26. The molecule has 2 atom stereocenters. The van der Waals surface area contributed by atoms with Crippen LogP contribution in [0.4, 0.5) is 14.6 Å². The molecule has 0 spiro atoms. The van der Waals surface area contributed by atoms with Crippen molar-refractivity contribution in [1.82, 2.24) is 19.8 Å². The Morgan fingerprint density at radius 3 is 2.78 bits per heavy atom. The number of amides is 1. The Bertz CT molecular complexity index is 961. The van der Waals surface area contributed by atoms with Crippen LogP contribution in [0.5, 0.6) is 6.01 Å². The summed E-state index contributed by atoms with van der Waals surface area (Å²) in [7, 11) is 1.34. The number of nitrogens with one attached hydrogen (secondary N) is 1. The summed E-state index contributed by atoms with van der Waals surface area (Å²) in [6.45, 7) is 1.69. The van der Waals surface area contributed by atoms with E-state index in [9.17, 15) is 18.7 Å². The second-order valence-corrected chi connectivity index (χ2v) is 8.06. The van der Waals surface area contributed by atoms with Gasteiger partial charge in [0.2, 0.25) is 0 Å². The Balaban J connectivity index is 1.42. The van der Waals surface area contributed by atoms with Gasteiger partial charge in [-0.3, -0.25) is 9.69 Å². The lowest BCUT2D eigenvalue weighted by atomic mass is 9.94. The number of hydrogen-bond donors (Lipinski definition) is 2. The fraction of sp³-hybridized carbons (Fsp3) is 0.500. The molecule has 172 valence electrons. The summed E-state index contributed by atoms with van der Waals surface area (Å²) >= 11 is 0. The maximum Gasteiger partial charge on any atom is 0.318 e. The van der Waals surface area contributed by atoms with E-state index in [1.54, 1.807) is 0 Å². The van der Waals surface area contributed by atoms with Gasteiger partial charge in [0.15, 0.2) is 0 Å². The zero-order valence-corrected chi connectivity index (χ0v) is 17.9. The van der Waals surface area contributed by atoms with Gasteiger partial charge in [-0.05, 0) is 24.0 Å². The summed E-state index contributed by atoms with van der Waals surface area (Å²) in [4.78, 5) is 24.9. The molecule has 1 saturated heterocycles. The van der Waals surface area contributed by atoms with Crippen molar-refractivity contribution in [2.45, 2.75) is 38.0 Å². The number of rotatable bonds is 6. The fourth-order valence-electron chi connectivity index (χ4n) is 4.39. The van der Waals surface area contributed by atoms with Crippen molar-refractivity contribution in [1.29, 1.82) is 0 Å². The van der Waals surface area contributed by atoms with E-state index in [0.717, 1.165) is 19.5 Å². The summed E-state index contributed by atoms with van der Waals surface area (Å²) in [6.07, 6.45) is -1.69. The average molecular weight is 447 g/mol. The monoisotopic (exact) mass is 447 g/mol. The minimum Gasteiger partial charge on any atom is -0.467 e. The molecule has 32 heavy (non-hydrogen) atoms. The van der Waals surface area contributed by atoms with Crippen molar-refractivity contribution in [3.8, 4) is 6.01 Å². The van der Waals surface area contributed by atoms with Crippen LogP contribution < -0.4 is 10.1 Å². The molecule has 1 aromatic heterocycles. The number of ether oxygens (including phenoxy) is 1. The van der Waals surface area contributed by atoms with Crippen LogP contribution in [0.2, 0.25) is 0 Å². The quantitative estimate of drug-likeness (QED) is 0.698. The molecule has 10 heteroatoms. The number of aromatic nitrogens is 2. The molecule has 8 nitrogen and oxygen atoms in total. The zero-order valence-electron chi connectivity index (χ0n) is 17.9. The van der Waals surface area contributed by atoms with Crippen LogP contribution in [0.15, 0.2) is 30.3 Å². The third-order valence-electron chi connectivity index (χ3n) is 6.01. The molecule has 1 fully saturated rings. The SMILES string of the molecule is COc1nc(NCC(F)F)cc(C(=O)N2CC[C@@H](N3CCc4ccccc4C3)[C@H](O)C2)n1. The Labute approximate surface area is 185 Å². The number of β-amino-alcohol motifs (C(OH)–C–C–N with tert-alkyl or cyclic N) is 1. The van der Waals surface area contributed by atoms with Crippen molar-refractivity contribution in [2.75, 3.05) is 38.6 Å². The van der Waals surface area contributed by atoms with Gasteiger partial charge in [-0.1, -0.05) is 24.3 Å². The van der Waals surface area contributed by atoms with Crippen molar-refractivity contribution in [2.24, 2.45) is 0 Å². The molecule has 4 rings (SSSR count). The normalized spacial score (nSPS) is 21.3. The van der Waals surface area contributed by atoms with Gasteiger partial charge in [0.05, 0.1) is 19.8 Å². The number of carbonyl (C=O) groups is 1. The Morgan fingerprint density at radius 2 is 2.06 bits per heavy atom. The molecular weight excluding hydrogens is 420 g/mol. The molecule has 1 aromatic carbocycles. The second-order valence-electron chi connectivity index (χ2n) is 8.06. The number of alkyl halides is 2. The minimum absolute atomic E-state index is 0.0318. The summed E-state index contributed by atoms with van der Waals surface area (Å²) < 4.78 is 30.1. The summed E-state index contributed by atoms with van der Waals surface area (Å²) in [5.74, 6) is -0.310. The first-order valence-electron chi connectivity index (χ1n) is 10.7. The molecule has 2 aliphatic heterocycles. The van der Waals surface area contributed by atoms with Gasteiger partial charge in [0, 0.05) is 38.3 Å². The Kier molecular flexibility index (Phi) is 6.80. The Hall–Kier alpha value is -2.85. The number of hydrogen-bond acceptors (Lipinski definition) is 7. The third kappa shape index (κ3) is 4.97. The van der Waals surface area contributed by atoms with Gasteiger partial charge >= 0.3 is 6.01 Å². The van der Waals surface area contributed by atoms with Gasteiger partial charge in [-0.2, -0.15) is 9.97 Å². The number of nitrogens with zero attached hydrogens (tertiary/aromatic N) is 4. The highest BCUT2D eigenvalue weighted by molar-refractivity contribution is 5.93. The first-order chi connectivity index (χ1) is 15.4. The molecule has 3 heterocycles. The predicted octanol–water partition coefficient (Wildman–Crippen LogP) is 1.80. The van der Waals surface area contributed by atoms with E-state index in [0.29, 0.717) is 13.0 Å². The van der Waals surface area contributed by atoms with Crippen molar-refractivity contribution in [3.63, 3.8) is 0 Å². The van der Waals surface area contributed by atoms with E-state index >= 15 is 0 Å². The number of piperidine rings is 1. The summed E-state index contributed by atoms with van der Waals surface area (Å²) in [6, 6.07) is 9.54. The molecule has 0 aliphatic carbocycles. The lowest BCUT2D eigenvalue weighted by Crippen LogP contribution is -2.56. The van der Waals surface area contributed by atoms with E-state index in [-0.39, 0.29) is 30.1 Å². The third-order valence-corrected chi connectivity index (χ3v) is 6.01. The lowest BCUT2D eigenvalue weighted by Gasteiger charge is -2.43. The van der Waals surface area contributed by atoms with Crippen LogP contribution in [-0.4, -0.2) is 82.6 Å². The standard InChI is InChI=1S/C22H27F2N5O3/c1-32-22-26-16(10-20(27-22)25-11-19(23)24)21(31)29-9-7-17(18(30)13-29)28-8-6-14-4-2-3-5-15(14)12-28/h2-5,10,17-19,30H,6-9,11-13H2,1H3,(H,25,26,27)/t17-,18-/m1/s1.